The largest absolute Gasteiger partial charge is 1.00 e. The SMILES string of the molecule is Cc1ccccc1COc1ccc([B-](F)(F)F)c(C)c1.[K+]. The molecule has 2 aromatic carbocycles. The molecule has 0 saturated carbocycles. The smallest absolute Gasteiger partial charge is 0.489 e. The molecule has 0 radical (unpaired) electrons. The zero-order valence-corrected chi connectivity index (χ0v) is 15.5. The van der Waals surface area contributed by atoms with Crippen LogP contribution in [0.15, 0.2) is 42.5 Å². The Morgan fingerprint density at radius 3 is 2.19 bits per heavy atom. The minimum atomic E-state index is -4.96. The van der Waals surface area contributed by atoms with Gasteiger partial charge in [-0.25, -0.2) is 0 Å². The van der Waals surface area contributed by atoms with Crippen molar-refractivity contribution in [1.29, 1.82) is 0 Å². The molecule has 0 heterocycles. The molecule has 0 saturated heterocycles. The maximum Gasteiger partial charge on any atom is 1.00 e. The summed E-state index contributed by atoms with van der Waals surface area (Å²) in [5.74, 6) is 0.453. The molecule has 0 amide bonds. The molecular weight excluding hydrogens is 303 g/mol. The first-order chi connectivity index (χ1) is 9.38. The molecule has 106 valence electrons. The zero-order chi connectivity index (χ0) is 14.8. The van der Waals surface area contributed by atoms with E-state index in [1.54, 1.807) is 0 Å². The molecule has 0 aliphatic heterocycles. The van der Waals surface area contributed by atoms with E-state index in [0.717, 1.165) is 17.2 Å². The third-order valence-corrected chi connectivity index (χ3v) is 3.25. The van der Waals surface area contributed by atoms with Crippen LogP contribution in [0.3, 0.4) is 0 Å². The molecule has 1 nitrogen and oxygen atoms in total. The van der Waals surface area contributed by atoms with Gasteiger partial charge in [-0.1, -0.05) is 35.9 Å². The van der Waals surface area contributed by atoms with Gasteiger partial charge < -0.3 is 17.7 Å². The van der Waals surface area contributed by atoms with Crippen molar-refractivity contribution < 1.29 is 69.1 Å². The monoisotopic (exact) mass is 318 g/mol. The van der Waals surface area contributed by atoms with Crippen LogP contribution in [0.5, 0.6) is 5.75 Å². The third-order valence-electron chi connectivity index (χ3n) is 3.25. The van der Waals surface area contributed by atoms with Gasteiger partial charge in [0, 0.05) is 0 Å². The maximum atomic E-state index is 12.7. The summed E-state index contributed by atoms with van der Waals surface area (Å²) in [5, 5.41) is 0. The van der Waals surface area contributed by atoms with Crippen LogP contribution in [0, 0.1) is 13.8 Å². The predicted molar refractivity (Wildman–Crippen MR) is 75.4 cm³/mol. The molecule has 0 spiro atoms. The van der Waals surface area contributed by atoms with E-state index in [2.05, 4.69) is 0 Å². The average molecular weight is 318 g/mol. The van der Waals surface area contributed by atoms with Gasteiger partial charge in [0.15, 0.2) is 0 Å². The molecule has 0 aliphatic rings. The molecule has 2 aromatic rings. The van der Waals surface area contributed by atoms with Crippen LogP contribution in [0.4, 0.5) is 12.9 Å². The van der Waals surface area contributed by atoms with Crippen LogP contribution >= 0.6 is 0 Å². The van der Waals surface area contributed by atoms with Crippen LogP contribution < -0.4 is 61.6 Å². The van der Waals surface area contributed by atoms with Crippen LogP contribution in [0.2, 0.25) is 0 Å². The fourth-order valence-electron chi connectivity index (χ4n) is 2.04. The van der Waals surface area contributed by atoms with E-state index < -0.39 is 12.4 Å². The van der Waals surface area contributed by atoms with Gasteiger partial charge in [-0.05, 0) is 37.1 Å². The molecule has 0 bridgehead atoms. The van der Waals surface area contributed by atoms with Crippen molar-refractivity contribution in [3.05, 3.63) is 59.2 Å². The quantitative estimate of drug-likeness (QED) is 0.763. The Morgan fingerprint density at radius 2 is 1.62 bits per heavy atom. The summed E-state index contributed by atoms with van der Waals surface area (Å²) in [5.41, 5.74) is 1.75. The summed E-state index contributed by atoms with van der Waals surface area (Å²) in [6.07, 6.45) is 0. The van der Waals surface area contributed by atoms with Crippen molar-refractivity contribution in [2.45, 2.75) is 20.5 Å². The number of hydrogen-bond donors (Lipinski definition) is 0. The van der Waals surface area contributed by atoms with Gasteiger partial charge in [0.2, 0.25) is 0 Å². The molecule has 0 atom stereocenters. The minimum absolute atomic E-state index is 0. The zero-order valence-electron chi connectivity index (χ0n) is 12.4. The van der Waals surface area contributed by atoms with E-state index in [9.17, 15) is 12.9 Å². The van der Waals surface area contributed by atoms with E-state index in [0.29, 0.717) is 12.4 Å². The Morgan fingerprint density at radius 1 is 0.952 bits per heavy atom. The van der Waals surface area contributed by atoms with E-state index in [1.165, 1.54) is 19.1 Å². The summed E-state index contributed by atoms with van der Waals surface area (Å²) in [7, 11) is 0. The molecular formula is C15H15BF3KO. The van der Waals surface area contributed by atoms with Gasteiger partial charge in [-0.15, -0.1) is 5.46 Å². The van der Waals surface area contributed by atoms with Crippen molar-refractivity contribution in [2.24, 2.45) is 0 Å². The van der Waals surface area contributed by atoms with E-state index >= 15 is 0 Å². The van der Waals surface area contributed by atoms with E-state index in [4.69, 9.17) is 4.74 Å². The van der Waals surface area contributed by atoms with Gasteiger partial charge >= 0.3 is 58.4 Å². The molecule has 0 aliphatic carbocycles. The number of benzene rings is 2. The molecule has 0 N–H and O–H groups in total. The van der Waals surface area contributed by atoms with E-state index in [-0.39, 0.29) is 56.9 Å². The summed E-state index contributed by atoms with van der Waals surface area (Å²) in [6.45, 7) is -1.19. The molecule has 0 aromatic heterocycles. The first kappa shape index (κ1) is 18.8. The van der Waals surface area contributed by atoms with Crippen LogP contribution in [0.25, 0.3) is 0 Å². The van der Waals surface area contributed by atoms with E-state index in [1.807, 2.05) is 31.2 Å². The Balaban J connectivity index is 0.00000220. The number of rotatable bonds is 4. The van der Waals surface area contributed by atoms with Crippen molar-refractivity contribution in [3.63, 3.8) is 0 Å². The Labute approximate surface area is 165 Å². The summed E-state index contributed by atoms with van der Waals surface area (Å²) < 4.78 is 43.7. The van der Waals surface area contributed by atoms with Crippen molar-refractivity contribution in [2.75, 3.05) is 0 Å². The summed E-state index contributed by atoms with van der Waals surface area (Å²) in [4.78, 5) is 0. The summed E-state index contributed by atoms with van der Waals surface area (Å²) in [6, 6.07) is 11.6. The van der Waals surface area contributed by atoms with Gasteiger partial charge in [-0.3, -0.25) is 0 Å². The molecule has 2 rings (SSSR count). The standard InChI is InChI=1S/C15H15BF3O.K/c1-11-5-3-4-6-13(11)10-20-14-7-8-15(12(2)9-14)16(17,18)19;/h3-9H,10H2,1-2H3;/q-1;+1. The second-order valence-electron chi connectivity index (χ2n) is 4.81. The van der Waals surface area contributed by atoms with Crippen LogP contribution in [-0.4, -0.2) is 6.98 Å². The number of hydrogen-bond acceptors (Lipinski definition) is 1. The topological polar surface area (TPSA) is 9.23 Å². The summed E-state index contributed by atoms with van der Waals surface area (Å²) >= 11 is 0. The van der Waals surface area contributed by atoms with Crippen molar-refractivity contribution in [3.8, 4) is 5.75 Å². The predicted octanol–water partition coefficient (Wildman–Crippen LogP) is 0.941. The Kier molecular flexibility index (Phi) is 7.00. The molecule has 0 unspecified atom stereocenters. The van der Waals surface area contributed by atoms with Crippen LogP contribution in [0.1, 0.15) is 16.7 Å². The van der Waals surface area contributed by atoms with Crippen LogP contribution in [-0.2, 0) is 6.61 Å². The van der Waals surface area contributed by atoms with Crippen molar-refractivity contribution in [1.82, 2.24) is 0 Å². The maximum absolute atomic E-state index is 12.7. The normalized spacial score (nSPS) is 10.9. The fraction of sp³-hybridized carbons (Fsp3) is 0.200. The Hall–Kier alpha value is -0.269. The Bertz CT molecular complexity index is 614. The third kappa shape index (κ3) is 5.14. The fourth-order valence-corrected chi connectivity index (χ4v) is 2.04. The average Bonchev–Trinajstić information content (AvgIpc) is 2.36. The van der Waals surface area contributed by atoms with Gasteiger partial charge in [0.25, 0.3) is 0 Å². The first-order valence-corrected chi connectivity index (χ1v) is 6.36. The molecule has 6 heteroatoms. The van der Waals surface area contributed by atoms with Gasteiger partial charge in [0.05, 0.1) is 0 Å². The van der Waals surface area contributed by atoms with Gasteiger partial charge in [0.1, 0.15) is 12.4 Å². The second kappa shape index (κ2) is 7.83. The number of halogens is 3. The number of aryl methyl sites for hydroxylation is 2. The first-order valence-electron chi connectivity index (χ1n) is 6.36. The second-order valence-corrected chi connectivity index (χ2v) is 4.81. The minimum Gasteiger partial charge on any atom is -0.489 e. The van der Waals surface area contributed by atoms with Gasteiger partial charge in [-0.2, -0.15) is 0 Å². The number of ether oxygens (including phenoxy) is 1. The molecule has 0 fully saturated rings. The molecule has 21 heavy (non-hydrogen) atoms. The van der Waals surface area contributed by atoms with Crippen molar-refractivity contribution >= 4 is 12.4 Å².